The fraction of sp³-hybridized carbons (Fsp3) is 0.533. The van der Waals surface area contributed by atoms with E-state index < -0.39 is 11.4 Å². The first kappa shape index (κ1) is 15.8. The molecule has 1 atom stereocenters. The summed E-state index contributed by atoms with van der Waals surface area (Å²) in [5.41, 5.74) is 0.262. The van der Waals surface area contributed by atoms with Crippen molar-refractivity contribution < 1.29 is 14.7 Å². The zero-order chi connectivity index (χ0) is 15.8. The van der Waals surface area contributed by atoms with E-state index in [9.17, 15) is 14.7 Å². The number of aryl methyl sites for hydroxylation is 1. The van der Waals surface area contributed by atoms with Gasteiger partial charge in [0.2, 0.25) is 0 Å². The van der Waals surface area contributed by atoms with Crippen LogP contribution >= 0.6 is 11.6 Å². The molecular formula is C15H19ClN2O3. The molecule has 0 bridgehead atoms. The van der Waals surface area contributed by atoms with Crippen LogP contribution in [0.5, 0.6) is 0 Å². The Morgan fingerprint density at radius 1 is 1.43 bits per heavy atom. The lowest BCUT2D eigenvalue weighted by molar-refractivity contribution is -0.150. The monoisotopic (exact) mass is 310 g/mol. The van der Waals surface area contributed by atoms with Crippen LogP contribution in [0.25, 0.3) is 0 Å². The number of amides is 1. The van der Waals surface area contributed by atoms with E-state index in [4.69, 9.17) is 11.6 Å². The van der Waals surface area contributed by atoms with Crippen molar-refractivity contribution >= 4 is 23.5 Å². The number of likely N-dealkylation sites (tertiary alicyclic amines) is 1. The highest BCUT2D eigenvalue weighted by molar-refractivity contribution is 6.29. The number of hydrogen-bond donors (Lipinski definition) is 1. The number of rotatable bonds is 3. The lowest BCUT2D eigenvalue weighted by Crippen LogP contribution is -2.40. The van der Waals surface area contributed by atoms with Crippen molar-refractivity contribution in [3.8, 4) is 0 Å². The first-order valence-electron chi connectivity index (χ1n) is 6.93. The average molecular weight is 311 g/mol. The number of aliphatic carboxylic acids is 1. The van der Waals surface area contributed by atoms with Crippen molar-refractivity contribution in [3.05, 3.63) is 28.5 Å². The lowest BCUT2D eigenvalue weighted by atomic mass is 9.76. The number of carbonyl (C=O) groups excluding carboxylic acids is 1. The molecule has 1 aromatic rings. The van der Waals surface area contributed by atoms with E-state index in [0.29, 0.717) is 24.2 Å². The van der Waals surface area contributed by atoms with Gasteiger partial charge in [0.1, 0.15) is 5.15 Å². The predicted molar refractivity (Wildman–Crippen MR) is 79.4 cm³/mol. The summed E-state index contributed by atoms with van der Waals surface area (Å²) in [7, 11) is 0. The molecule has 1 amide bonds. The molecule has 1 fully saturated rings. The third kappa shape index (κ3) is 2.88. The first-order chi connectivity index (χ1) is 9.76. The first-order valence-corrected chi connectivity index (χ1v) is 7.31. The number of aromatic nitrogens is 1. The normalized spacial score (nSPS) is 21.9. The Kier molecular flexibility index (Phi) is 4.23. The summed E-state index contributed by atoms with van der Waals surface area (Å²) in [6.07, 6.45) is 0.476. The highest BCUT2D eigenvalue weighted by atomic mass is 35.5. The van der Waals surface area contributed by atoms with Gasteiger partial charge < -0.3 is 10.0 Å². The third-order valence-electron chi connectivity index (χ3n) is 4.29. The quantitative estimate of drug-likeness (QED) is 0.871. The van der Waals surface area contributed by atoms with Gasteiger partial charge in [0.25, 0.3) is 5.91 Å². The van der Waals surface area contributed by atoms with Gasteiger partial charge in [-0.1, -0.05) is 25.4 Å². The second kappa shape index (κ2) is 5.64. The number of carboxylic acid groups (broad SMARTS) is 1. The Balaban J connectivity index is 2.24. The van der Waals surface area contributed by atoms with Crippen LogP contribution in [-0.4, -0.2) is 40.0 Å². The lowest BCUT2D eigenvalue weighted by Gasteiger charge is -2.28. The minimum Gasteiger partial charge on any atom is -0.481 e. The van der Waals surface area contributed by atoms with Gasteiger partial charge in [0.15, 0.2) is 0 Å². The van der Waals surface area contributed by atoms with E-state index in [1.54, 1.807) is 17.9 Å². The van der Waals surface area contributed by atoms with Gasteiger partial charge in [0, 0.05) is 24.3 Å². The molecule has 1 saturated heterocycles. The van der Waals surface area contributed by atoms with Gasteiger partial charge in [-0.05, 0) is 31.4 Å². The van der Waals surface area contributed by atoms with Gasteiger partial charge in [-0.25, -0.2) is 4.98 Å². The third-order valence-corrected chi connectivity index (χ3v) is 4.48. The van der Waals surface area contributed by atoms with Crippen molar-refractivity contribution in [2.45, 2.75) is 27.2 Å². The minimum absolute atomic E-state index is 0.0319. The molecule has 2 heterocycles. The van der Waals surface area contributed by atoms with Crippen molar-refractivity contribution in [1.29, 1.82) is 0 Å². The Morgan fingerprint density at radius 3 is 2.57 bits per heavy atom. The fourth-order valence-corrected chi connectivity index (χ4v) is 3.08. The number of carboxylic acids is 1. The largest absolute Gasteiger partial charge is 0.481 e. The number of nitrogens with zero attached hydrogens (tertiary/aromatic N) is 2. The SMILES string of the molecule is Cc1cc(C(=O)N2CCC(C(=O)O)(C(C)C)C2)cc(Cl)n1. The molecule has 1 aliphatic heterocycles. The number of halogens is 1. The molecule has 0 aromatic carbocycles. The van der Waals surface area contributed by atoms with Gasteiger partial charge in [-0.3, -0.25) is 9.59 Å². The molecule has 1 N–H and O–H groups in total. The Labute approximate surface area is 128 Å². The van der Waals surface area contributed by atoms with E-state index in [0.717, 1.165) is 0 Å². The summed E-state index contributed by atoms with van der Waals surface area (Å²) in [5, 5.41) is 9.79. The summed E-state index contributed by atoms with van der Waals surface area (Å²) in [5.74, 6) is -1.06. The van der Waals surface area contributed by atoms with Crippen molar-refractivity contribution in [1.82, 2.24) is 9.88 Å². The van der Waals surface area contributed by atoms with Crippen LogP contribution in [0, 0.1) is 18.3 Å². The van der Waals surface area contributed by atoms with Crippen LogP contribution in [0.3, 0.4) is 0 Å². The van der Waals surface area contributed by atoms with E-state index in [1.165, 1.54) is 6.07 Å². The molecule has 0 spiro atoms. The van der Waals surface area contributed by atoms with Crippen LogP contribution in [0.2, 0.25) is 5.15 Å². The number of pyridine rings is 1. The smallest absolute Gasteiger partial charge is 0.311 e. The maximum atomic E-state index is 12.5. The molecule has 0 saturated carbocycles. The van der Waals surface area contributed by atoms with Crippen LogP contribution < -0.4 is 0 Å². The zero-order valence-corrected chi connectivity index (χ0v) is 13.1. The standard InChI is InChI=1S/C15H19ClN2O3/c1-9(2)15(14(20)21)4-5-18(8-15)13(19)11-6-10(3)17-12(16)7-11/h6-7,9H,4-5,8H2,1-3H3,(H,20,21). The van der Waals surface area contributed by atoms with Crippen molar-refractivity contribution in [2.75, 3.05) is 13.1 Å². The van der Waals surface area contributed by atoms with E-state index >= 15 is 0 Å². The fourth-order valence-electron chi connectivity index (χ4n) is 2.83. The molecule has 1 aliphatic rings. The summed E-state index contributed by atoms with van der Waals surface area (Å²) < 4.78 is 0. The molecule has 0 radical (unpaired) electrons. The highest BCUT2D eigenvalue weighted by Crippen LogP contribution is 2.38. The molecule has 5 nitrogen and oxygen atoms in total. The maximum absolute atomic E-state index is 12.5. The Bertz CT molecular complexity index is 568. The number of hydrogen-bond acceptors (Lipinski definition) is 3. The second-order valence-electron chi connectivity index (χ2n) is 5.91. The van der Waals surface area contributed by atoms with Crippen LogP contribution in [0.15, 0.2) is 12.1 Å². The van der Waals surface area contributed by atoms with Gasteiger partial charge >= 0.3 is 5.97 Å². The second-order valence-corrected chi connectivity index (χ2v) is 6.30. The number of carbonyl (C=O) groups is 2. The van der Waals surface area contributed by atoms with E-state index in [1.807, 2.05) is 13.8 Å². The molecule has 0 aliphatic carbocycles. The molecule has 2 rings (SSSR count). The molecule has 1 unspecified atom stereocenters. The zero-order valence-electron chi connectivity index (χ0n) is 12.4. The average Bonchev–Trinajstić information content (AvgIpc) is 2.83. The highest BCUT2D eigenvalue weighted by Gasteiger charge is 2.48. The van der Waals surface area contributed by atoms with E-state index in [-0.39, 0.29) is 23.5 Å². The van der Waals surface area contributed by atoms with E-state index in [2.05, 4.69) is 4.98 Å². The molecule has 1 aromatic heterocycles. The van der Waals surface area contributed by atoms with Crippen LogP contribution in [0.4, 0.5) is 0 Å². The Morgan fingerprint density at radius 2 is 2.10 bits per heavy atom. The molecular weight excluding hydrogens is 292 g/mol. The molecule has 114 valence electrons. The van der Waals surface area contributed by atoms with Gasteiger partial charge in [-0.15, -0.1) is 0 Å². The van der Waals surface area contributed by atoms with Crippen molar-refractivity contribution in [2.24, 2.45) is 11.3 Å². The van der Waals surface area contributed by atoms with Gasteiger partial charge in [0.05, 0.1) is 5.41 Å². The predicted octanol–water partition coefficient (Wildman–Crippen LogP) is 2.62. The summed E-state index contributed by atoms with van der Waals surface area (Å²) >= 11 is 5.88. The van der Waals surface area contributed by atoms with Crippen LogP contribution in [0.1, 0.15) is 36.3 Å². The van der Waals surface area contributed by atoms with Gasteiger partial charge in [-0.2, -0.15) is 0 Å². The Hall–Kier alpha value is -1.62. The minimum atomic E-state index is -0.860. The van der Waals surface area contributed by atoms with Crippen molar-refractivity contribution in [3.63, 3.8) is 0 Å². The summed E-state index contributed by atoms with van der Waals surface area (Å²) in [6.45, 7) is 6.22. The maximum Gasteiger partial charge on any atom is 0.311 e. The molecule has 6 heteroatoms. The summed E-state index contributed by atoms with van der Waals surface area (Å²) in [4.78, 5) is 29.8. The topological polar surface area (TPSA) is 70.5 Å². The molecule has 21 heavy (non-hydrogen) atoms. The van der Waals surface area contributed by atoms with Crippen LogP contribution in [-0.2, 0) is 4.79 Å². The summed E-state index contributed by atoms with van der Waals surface area (Å²) in [6, 6.07) is 3.19.